The fourth-order valence-corrected chi connectivity index (χ4v) is 3.29. The minimum absolute atomic E-state index is 0.225. The quantitative estimate of drug-likeness (QED) is 0.729. The summed E-state index contributed by atoms with van der Waals surface area (Å²) in [5, 5.41) is 7.18. The maximum atomic E-state index is 5.87. The molecule has 0 bridgehead atoms. The van der Waals surface area contributed by atoms with Crippen molar-refractivity contribution in [1.82, 2.24) is 10.6 Å². The van der Waals surface area contributed by atoms with Crippen molar-refractivity contribution in [2.75, 3.05) is 13.2 Å². The molecule has 2 aromatic carbocycles. The zero-order valence-corrected chi connectivity index (χ0v) is 16.2. The summed E-state index contributed by atoms with van der Waals surface area (Å²) in [5.41, 5.74) is 3.58. The van der Waals surface area contributed by atoms with Crippen molar-refractivity contribution in [1.29, 1.82) is 0 Å². The Bertz CT molecular complexity index is 749. The molecule has 1 heterocycles. The zero-order valence-electron chi connectivity index (χ0n) is 15.4. The average Bonchev–Trinajstić information content (AvgIpc) is 3.00. The van der Waals surface area contributed by atoms with Crippen LogP contribution in [0.25, 0.3) is 0 Å². The first kappa shape index (κ1) is 18.5. The summed E-state index contributed by atoms with van der Waals surface area (Å²) < 4.78 is 11.7. The van der Waals surface area contributed by atoms with E-state index in [-0.39, 0.29) is 6.10 Å². The minimum atomic E-state index is 0.225. The van der Waals surface area contributed by atoms with Crippen LogP contribution in [0, 0.1) is 0 Å². The van der Waals surface area contributed by atoms with Gasteiger partial charge in [0, 0.05) is 30.6 Å². The summed E-state index contributed by atoms with van der Waals surface area (Å²) in [7, 11) is 0. The summed E-state index contributed by atoms with van der Waals surface area (Å²) >= 11 is 5.40. The van der Waals surface area contributed by atoms with E-state index in [0.717, 1.165) is 36.4 Å². The molecule has 3 rings (SSSR count). The molecule has 4 nitrogen and oxygen atoms in total. The van der Waals surface area contributed by atoms with E-state index in [4.69, 9.17) is 21.7 Å². The van der Waals surface area contributed by atoms with Gasteiger partial charge in [0.05, 0.1) is 6.61 Å². The van der Waals surface area contributed by atoms with Gasteiger partial charge >= 0.3 is 0 Å². The van der Waals surface area contributed by atoms with Crippen LogP contribution < -0.4 is 20.1 Å². The van der Waals surface area contributed by atoms with Gasteiger partial charge in [-0.1, -0.05) is 30.3 Å². The van der Waals surface area contributed by atoms with Crippen molar-refractivity contribution >= 4 is 17.3 Å². The topological polar surface area (TPSA) is 42.5 Å². The van der Waals surface area contributed by atoms with Crippen LogP contribution in [0.5, 0.6) is 11.5 Å². The van der Waals surface area contributed by atoms with Gasteiger partial charge in [0.2, 0.25) is 0 Å². The Hall–Kier alpha value is -2.27. The Balaban J connectivity index is 1.53. The SMILES string of the molecule is CCOc1cc2c(cc1CNC(=S)NCCc1ccccc1)O[C@H](C)C2. The van der Waals surface area contributed by atoms with Crippen LogP contribution in [0.4, 0.5) is 0 Å². The van der Waals surface area contributed by atoms with Crippen LogP contribution in [0.1, 0.15) is 30.5 Å². The van der Waals surface area contributed by atoms with Crippen molar-refractivity contribution in [3.05, 3.63) is 59.2 Å². The number of hydrogen-bond acceptors (Lipinski definition) is 3. The lowest BCUT2D eigenvalue weighted by Crippen LogP contribution is -2.36. The van der Waals surface area contributed by atoms with Gasteiger partial charge in [0.1, 0.15) is 17.6 Å². The second-order valence-corrected chi connectivity index (χ2v) is 6.89. The summed E-state index contributed by atoms with van der Waals surface area (Å²) in [5.74, 6) is 1.87. The number of thiocarbonyl (C=S) groups is 1. The molecule has 0 amide bonds. The molecule has 26 heavy (non-hydrogen) atoms. The smallest absolute Gasteiger partial charge is 0.166 e. The molecule has 2 N–H and O–H groups in total. The highest BCUT2D eigenvalue weighted by Gasteiger charge is 2.21. The molecular formula is C21H26N2O2S. The van der Waals surface area contributed by atoms with E-state index in [1.807, 2.05) is 13.0 Å². The Morgan fingerprint density at radius 1 is 1.23 bits per heavy atom. The van der Waals surface area contributed by atoms with Crippen LogP contribution >= 0.6 is 12.2 Å². The first-order valence-corrected chi connectivity index (χ1v) is 9.57. The molecule has 5 heteroatoms. The summed E-state index contributed by atoms with van der Waals surface area (Å²) in [6.07, 6.45) is 2.10. The highest BCUT2D eigenvalue weighted by atomic mass is 32.1. The van der Waals surface area contributed by atoms with Gasteiger partial charge in [-0.15, -0.1) is 0 Å². The monoisotopic (exact) mass is 370 g/mol. The Labute approximate surface area is 160 Å². The maximum absolute atomic E-state index is 5.87. The van der Waals surface area contributed by atoms with Crippen molar-refractivity contribution in [3.8, 4) is 11.5 Å². The van der Waals surface area contributed by atoms with Gasteiger partial charge in [-0.2, -0.15) is 0 Å². The number of fused-ring (bicyclic) bond motifs is 1. The Morgan fingerprint density at radius 3 is 2.81 bits per heavy atom. The van der Waals surface area contributed by atoms with Crippen LogP contribution in [-0.4, -0.2) is 24.4 Å². The van der Waals surface area contributed by atoms with E-state index < -0.39 is 0 Å². The molecule has 0 aromatic heterocycles. The number of rotatable bonds is 7. The molecule has 0 fully saturated rings. The average molecular weight is 371 g/mol. The second-order valence-electron chi connectivity index (χ2n) is 6.48. The molecule has 0 aliphatic carbocycles. The Morgan fingerprint density at radius 2 is 2.04 bits per heavy atom. The van der Waals surface area contributed by atoms with Gasteiger partial charge in [-0.05, 0) is 50.2 Å². The third-order valence-electron chi connectivity index (χ3n) is 4.36. The van der Waals surface area contributed by atoms with Crippen LogP contribution in [-0.2, 0) is 19.4 Å². The van der Waals surface area contributed by atoms with Crippen molar-refractivity contribution in [2.24, 2.45) is 0 Å². The molecule has 138 valence electrons. The van der Waals surface area contributed by atoms with Crippen molar-refractivity contribution in [3.63, 3.8) is 0 Å². The zero-order chi connectivity index (χ0) is 18.4. The van der Waals surface area contributed by atoms with Gasteiger partial charge < -0.3 is 20.1 Å². The van der Waals surface area contributed by atoms with Crippen LogP contribution in [0.2, 0.25) is 0 Å². The number of benzene rings is 2. The van der Waals surface area contributed by atoms with Crippen molar-refractivity contribution < 1.29 is 9.47 Å². The van der Waals surface area contributed by atoms with Crippen LogP contribution in [0.15, 0.2) is 42.5 Å². The molecule has 1 atom stereocenters. The molecule has 0 radical (unpaired) electrons. The third-order valence-corrected chi connectivity index (χ3v) is 4.65. The largest absolute Gasteiger partial charge is 0.494 e. The molecule has 0 spiro atoms. The highest BCUT2D eigenvalue weighted by Crippen LogP contribution is 2.35. The van der Waals surface area contributed by atoms with E-state index >= 15 is 0 Å². The predicted molar refractivity (Wildman–Crippen MR) is 109 cm³/mol. The van der Waals surface area contributed by atoms with E-state index in [9.17, 15) is 0 Å². The Kier molecular flexibility index (Phi) is 6.34. The first-order valence-electron chi connectivity index (χ1n) is 9.16. The summed E-state index contributed by atoms with van der Waals surface area (Å²) in [6, 6.07) is 14.6. The van der Waals surface area contributed by atoms with E-state index in [2.05, 4.69) is 54.0 Å². The lowest BCUT2D eigenvalue weighted by atomic mass is 10.1. The number of nitrogens with one attached hydrogen (secondary N) is 2. The lowest BCUT2D eigenvalue weighted by Gasteiger charge is -2.15. The van der Waals surface area contributed by atoms with E-state index in [0.29, 0.717) is 18.3 Å². The number of hydrogen-bond donors (Lipinski definition) is 2. The van der Waals surface area contributed by atoms with Crippen LogP contribution in [0.3, 0.4) is 0 Å². The molecule has 0 unspecified atom stereocenters. The van der Waals surface area contributed by atoms with Gasteiger partial charge in [-0.25, -0.2) is 0 Å². The molecule has 1 aliphatic heterocycles. The maximum Gasteiger partial charge on any atom is 0.166 e. The van der Waals surface area contributed by atoms with E-state index in [1.165, 1.54) is 11.1 Å². The number of ether oxygens (including phenoxy) is 2. The fourth-order valence-electron chi connectivity index (χ4n) is 3.11. The second kappa shape index (κ2) is 8.90. The van der Waals surface area contributed by atoms with Crippen molar-refractivity contribution in [2.45, 2.75) is 39.3 Å². The molecule has 0 saturated heterocycles. The highest BCUT2D eigenvalue weighted by molar-refractivity contribution is 7.80. The standard InChI is InChI=1S/C21H26N2O2S/c1-3-24-19-12-17-11-15(2)25-20(17)13-18(19)14-23-21(26)22-10-9-16-7-5-4-6-8-16/h4-8,12-13,15H,3,9-11,14H2,1-2H3,(H2,22,23,26)/t15-/m1/s1. The molecule has 0 saturated carbocycles. The first-order chi connectivity index (χ1) is 12.7. The minimum Gasteiger partial charge on any atom is -0.494 e. The normalized spacial score (nSPS) is 15.1. The molecule has 1 aliphatic rings. The molecule has 2 aromatic rings. The predicted octanol–water partition coefficient (Wildman–Crippen LogP) is 3.62. The van der Waals surface area contributed by atoms with Gasteiger partial charge in [0.25, 0.3) is 0 Å². The summed E-state index contributed by atoms with van der Waals surface area (Å²) in [6.45, 7) is 6.14. The lowest BCUT2D eigenvalue weighted by molar-refractivity contribution is 0.254. The van der Waals surface area contributed by atoms with Gasteiger partial charge in [-0.3, -0.25) is 0 Å². The fraction of sp³-hybridized carbons (Fsp3) is 0.381. The third kappa shape index (κ3) is 4.88. The molecular weight excluding hydrogens is 344 g/mol. The van der Waals surface area contributed by atoms with Gasteiger partial charge in [0.15, 0.2) is 5.11 Å². The van der Waals surface area contributed by atoms with E-state index in [1.54, 1.807) is 0 Å². The summed E-state index contributed by atoms with van der Waals surface area (Å²) in [4.78, 5) is 0.